The zero-order chi connectivity index (χ0) is 17.5. The van der Waals surface area contributed by atoms with E-state index in [2.05, 4.69) is 34.5 Å². The van der Waals surface area contributed by atoms with Crippen LogP contribution in [0.5, 0.6) is 0 Å². The van der Waals surface area contributed by atoms with Gasteiger partial charge in [0.2, 0.25) is 0 Å². The molecule has 4 heteroatoms. The number of piperazine rings is 1. The van der Waals surface area contributed by atoms with Crippen molar-refractivity contribution >= 4 is 18.2 Å². The van der Waals surface area contributed by atoms with Gasteiger partial charge in [0, 0.05) is 50.4 Å². The summed E-state index contributed by atoms with van der Waals surface area (Å²) in [5.41, 5.74) is 2.36. The van der Waals surface area contributed by atoms with Crippen molar-refractivity contribution in [3.05, 3.63) is 29.8 Å². The summed E-state index contributed by atoms with van der Waals surface area (Å²) >= 11 is 0. The van der Waals surface area contributed by atoms with Gasteiger partial charge in [0.05, 0.1) is 0 Å². The molecule has 0 spiro atoms. The standard InChI is InChI=1S/C15H21N3O.2C2H6/c16-12-14(2-1-11-19)13-3-5-15(6-4-13)18-9-7-17-8-10-18;2*1-2/h3-6,11-12,14,16-17H,1-2,7-10H2;2*1-2H3. The Hall–Kier alpha value is -1.68. The lowest BCUT2D eigenvalue weighted by Crippen LogP contribution is -2.43. The molecule has 1 unspecified atom stereocenters. The van der Waals surface area contributed by atoms with Gasteiger partial charge in [0.25, 0.3) is 0 Å². The summed E-state index contributed by atoms with van der Waals surface area (Å²) in [7, 11) is 0. The molecule has 1 saturated heterocycles. The maximum Gasteiger partial charge on any atom is 0.120 e. The first kappa shape index (κ1) is 21.3. The van der Waals surface area contributed by atoms with Gasteiger partial charge in [-0.3, -0.25) is 0 Å². The molecule has 23 heavy (non-hydrogen) atoms. The highest BCUT2D eigenvalue weighted by Crippen LogP contribution is 2.22. The molecular weight excluding hydrogens is 286 g/mol. The van der Waals surface area contributed by atoms with Crippen molar-refractivity contribution in [1.29, 1.82) is 5.41 Å². The zero-order valence-corrected chi connectivity index (χ0v) is 15.1. The molecule has 0 radical (unpaired) electrons. The van der Waals surface area contributed by atoms with Crippen LogP contribution in [0.2, 0.25) is 0 Å². The number of hydrogen-bond donors (Lipinski definition) is 2. The first-order chi connectivity index (χ1) is 11.3. The van der Waals surface area contributed by atoms with Gasteiger partial charge >= 0.3 is 0 Å². The summed E-state index contributed by atoms with van der Waals surface area (Å²) in [6.07, 6.45) is 3.59. The van der Waals surface area contributed by atoms with E-state index in [4.69, 9.17) is 5.41 Å². The molecule has 1 aliphatic heterocycles. The molecule has 4 nitrogen and oxygen atoms in total. The number of anilines is 1. The summed E-state index contributed by atoms with van der Waals surface area (Å²) in [4.78, 5) is 12.8. The van der Waals surface area contributed by atoms with Crippen molar-refractivity contribution in [3.8, 4) is 0 Å². The normalized spacial score (nSPS) is 14.5. The number of carbonyl (C=O) groups is 1. The topological polar surface area (TPSA) is 56.2 Å². The van der Waals surface area contributed by atoms with E-state index in [-0.39, 0.29) is 5.92 Å². The number of nitrogens with zero attached hydrogens (tertiary/aromatic N) is 1. The Kier molecular flexibility index (Phi) is 12.9. The van der Waals surface area contributed by atoms with Crippen molar-refractivity contribution in [2.24, 2.45) is 0 Å². The van der Waals surface area contributed by atoms with Crippen molar-refractivity contribution in [2.75, 3.05) is 31.1 Å². The lowest BCUT2D eigenvalue weighted by molar-refractivity contribution is -0.107. The van der Waals surface area contributed by atoms with Gasteiger partial charge in [0.1, 0.15) is 6.29 Å². The Balaban J connectivity index is 0.00000112. The highest BCUT2D eigenvalue weighted by Gasteiger charge is 2.12. The second kappa shape index (κ2) is 13.9. The van der Waals surface area contributed by atoms with E-state index in [1.807, 2.05) is 27.7 Å². The van der Waals surface area contributed by atoms with Gasteiger partial charge in [-0.05, 0) is 24.1 Å². The third-order valence-electron chi connectivity index (χ3n) is 3.60. The fourth-order valence-electron chi connectivity index (χ4n) is 2.45. The van der Waals surface area contributed by atoms with Crippen molar-refractivity contribution in [1.82, 2.24) is 5.32 Å². The largest absolute Gasteiger partial charge is 0.369 e. The Bertz CT molecular complexity index is 411. The van der Waals surface area contributed by atoms with Crippen LogP contribution >= 0.6 is 0 Å². The minimum atomic E-state index is 0.0577. The molecule has 0 aromatic heterocycles. The Morgan fingerprint density at radius 2 is 1.70 bits per heavy atom. The molecule has 0 aliphatic carbocycles. The number of hydrogen-bond acceptors (Lipinski definition) is 4. The molecule has 2 rings (SSSR count). The van der Waals surface area contributed by atoms with Gasteiger partial charge < -0.3 is 20.4 Å². The summed E-state index contributed by atoms with van der Waals surface area (Å²) < 4.78 is 0. The predicted molar refractivity (Wildman–Crippen MR) is 101 cm³/mol. The van der Waals surface area contributed by atoms with Crippen LogP contribution in [0.25, 0.3) is 0 Å². The van der Waals surface area contributed by atoms with E-state index in [1.54, 1.807) is 0 Å². The van der Waals surface area contributed by atoms with Crippen LogP contribution in [-0.4, -0.2) is 38.7 Å². The highest BCUT2D eigenvalue weighted by atomic mass is 16.1. The number of aldehydes is 1. The van der Waals surface area contributed by atoms with Gasteiger partial charge in [-0.2, -0.15) is 0 Å². The Morgan fingerprint density at radius 1 is 1.13 bits per heavy atom. The number of carbonyl (C=O) groups excluding carboxylic acids is 1. The first-order valence-corrected chi connectivity index (χ1v) is 8.85. The molecule has 1 aliphatic rings. The lowest BCUT2D eigenvalue weighted by atomic mass is 9.95. The van der Waals surface area contributed by atoms with E-state index in [1.165, 1.54) is 11.9 Å². The summed E-state index contributed by atoms with van der Waals surface area (Å²) in [6.45, 7) is 12.1. The van der Waals surface area contributed by atoms with Crippen molar-refractivity contribution in [3.63, 3.8) is 0 Å². The summed E-state index contributed by atoms with van der Waals surface area (Å²) in [6, 6.07) is 8.41. The maximum absolute atomic E-state index is 10.4. The lowest BCUT2D eigenvalue weighted by Gasteiger charge is -2.29. The van der Waals surface area contributed by atoms with E-state index in [0.29, 0.717) is 6.42 Å². The van der Waals surface area contributed by atoms with Gasteiger partial charge in [-0.1, -0.05) is 39.8 Å². The minimum Gasteiger partial charge on any atom is -0.369 e. The summed E-state index contributed by atoms with van der Waals surface area (Å²) in [5, 5.41) is 10.8. The zero-order valence-electron chi connectivity index (χ0n) is 15.1. The third kappa shape index (κ3) is 7.42. The molecule has 2 N–H and O–H groups in total. The van der Waals surface area contributed by atoms with E-state index >= 15 is 0 Å². The highest BCUT2D eigenvalue weighted by molar-refractivity contribution is 5.66. The fourth-order valence-corrected chi connectivity index (χ4v) is 2.45. The van der Waals surface area contributed by atoms with Crippen molar-refractivity contribution in [2.45, 2.75) is 46.5 Å². The monoisotopic (exact) mass is 319 g/mol. The van der Waals surface area contributed by atoms with Crippen LogP contribution in [0.4, 0.5) is 5.69 Å². The van der Waals surface area contributed by atoms with Gasteiger partial charge in [-0.15, -0.1) is 0 Å². The second-order valence-corrected chi connectivity index (χ2v) is 4.85. The minimum absolute atomic E-state index is 0.0577. The Labute approximate surface area is 141 Å². The molecule has 0 saturated carbocycles. The SMILES string of the molecule is CC.CC.N=CC(CCC=O)c1ccc(N2CCNCC2)cc1. The van der Waals surface area contributed by atoms with E-state index < -0.39 is 0 Å². The third-order valence-corrected chi connectivity index (χ3v) is 3.60. The van der Waals surface area contributed by atoms with Crippen LogP contribution in [0.1, 0.15) is 52.0 Å². The molecule has 1 fully saturated rings. The van der Waals surface area contributed by atoms with Gasteiger partial charge in [-0.25, -0.2) is 0 Å². The maximum atomic E-state index is 10.4. The van der Waals surface area contributed by atoms with Crippen molar-refractivity contribution < 1.29 is 4.79 Å². The number of rotatable bonds is 6. The van der Waals surface area contributed by atoms with Crippen LogP contribution in [-0.2, 0) is 4.79 Å². The average Bonchev–Trinajstić information content (AvgIpc) is 2.67. The molecule has 1 aromatic carbocycles. The number of nitrogens with one attached hydrogen (secondary N) is 2. The first-order valence-electron chi connectivity index (χ1n) is 8.85. The second-order valence-electron chi connectivity index (χ2n) is 4.85. The smallest absolute Gasteiger partial charge is 0.120 e. The predicted octanol–water partition coefficient (Wildman–Crippen LogP) is 3.86. The molecule has 1 atom stereocenters. The number of benzene rings is 1. The molecule has 0 bridgehead atoms. The molecule has 0 amide bonds. The summed E-state index contributed by atoms with van der Waals surface area (Å²) in [5.74, 6) is 0.0577. The quantitative estimate of drug-likeness (QED) is 0.618. The molecule has 1 aromatic rings. The van der Waals surface area contributed by atoms with Crippen LogP contribution in [0.3, 0.4) is 0 Å². The fraction of sp³-hybridized carbons (Fsp3) is 0.579. The van der Waals surface area contributed by atoms with Crippen LogP contribution < -0.4 is 10.2 Å². The Morgan fingerprint density at radius 3 is 2.17 bits per heavy atom. The van der Waals surface area contributed by atoms with E-state index in [9.17, 15) is 4.79 Å². The van der Waals surface area contributed by atoms with Crippen LogP contribution in [0.15, 0.2) is 24.3 Å². The van der Waals surface area contributed by atoms with Gasteiger partial charge in [0.15, 0.2) is 0 Å². The average molecular weight is 319 g/mol. The molecule has 1 heterocycles. The molecule has 130 valence electrons. The van der Waals surface area contributed by atoms with Crippen LogP contribution in [0, 0.1) is 5.41 Å². The molecular formula is C19H33N3O. The van der Waals surface area contributed by atoms with E-state index in [0.717, 1.165) is 44.4 Å².